The Morgan fingerprint density at radius 2 is 1.74 bits per heavy atom. The van der Waals surface area contributed by atoms with Gasteiger partial charge in [0.2, 0.25) is 5.89 Å². The van der Waals surface area contributed by atoms with Crippen molar-refractivity contribution in [3.8, 4) is 5.75 Å². The molecule has 0 unspecified atom stereocenters. The molecule has 0 N–H and O–H groups in total. The first-order valence-electron chi connectivity index (χ1n) is 11.5. The number of oxazole rings is 1. The van der Waals surface area contributed by atoms with E-state index < -0.39 is 6.09 Å². The Bertz CT molecular complexity index is 1090. The fourth-order valence-electron chi connectivity index (χ4n) is 3.66. The minimum Gasteiger partial charge on any atom is -0.487 e. The van der Waals surface area contributed by atoms with E-state index in [1.54, 1.807) is 6.26 Å². The summed E-state index contributed by atoms with van der Waals surface area (Å²) in [5.41, 5.74) is 3.07. The molecule has 2 aromatic carbocycles. The molecular formula is C27H28N2O5. The maximum absolute atomic E-state index is 11.5. The predicted octanol–water partition coefficient (Wildman–Crippen LogP) is 5.51. The highest BCUT2D eigenvalue weighted by Crippen LogP contribution is 2.17. The van der Waals surface area contributed by atoms with E-state index in [1.807, 2.05) is 54.6 Å². The molecule has 0 aliphatic carbocycles. The molecule has 1 saturated heterocycles. The number of carbonyl (C=O) groups excluding carboxylic acids is 2. The summed E-state index contributed by atoms with van der Waals surface area (Å²) in [4.78, 5) is 28.5. The van der Waals surface area contributed by atoms with Crippen LogP contribution in [0.1, 0.15) is 48.4 Å². The number of aromatic nitrogens is 1. The van der Waals surface area contributed by atoms with Gasteiger partial charge in [-0.2, -0.15) is 0 Å². The van der Waals surface area contributed by atoms with Crippen LogP contribution in [-0.4, -0.2) is 35.0 Å². The van der Waals surface area contributed by atoms with Crippen LogP contribution < -0.4 is 4.74 Å². The van der Waals surface area contributed by atoms with Gasteiger partial charge in [-0.3, -0.25) is 4.79 Å². The number of unbranched alkanes of at least 4 members (excludes halogenated alkanes) is 3. The lowest BCUT2D eigenvalue weighted by atomic mass is 10.1. The molecular weight excluding hydrogens is 432 g/mol. The lowest BCUT2D eigenvalue weighted by Crippen LogP contribution is -2.29. The SMILES string of the molecule is O=C1COC(=O)N1CCCCCCc1ccc(OCc2coc(/C=C/c3ccccc3)n2)cc1. The molecule has 1 aromatic heterocycles. The number of hydrogen-bond acceptors (Lipinski definition) is 6. The number of benzene rings is 2. The topological polar surface area (TPSA) is 81.9 Å². The molecule has 176 valence electrons. The number of carbonyl (C=O) groups is 2. The van der Waals surface area contributed by atoms with Gasteiger partial charge in [0.05, 0.1) is 0 Å². The molecule has 34 heavy (non-hydrogen) atoms. The first kappa shape index (κ1) is 23.3. The van der Waals surface area contributed by atoms with Crippen molar-refractivity contribution in [2.45, 2.75) is 38.7 Å². The Morgan fingerprint density at radius 3 is 2.50 bits per heavy atom. The van der Waals surface area contributed by atoms with Gasteiger partial charge in [-0.15, -0.1) is 0 Å². The van der Waals surface area contributed by atoms with Crippen LogP contribution in [0.3, 0.4) is 0 Å². The number of amides is 2. The monoisotopic (exact) mass is 460 g/mol. The average molecular weight is 461 g/mol. The van der Waals surface area contributed by atoms with Crippen LogP contribution in [-0.2, 0) is 22.6 Å². The summed E-state index contributed by atoms with van der Waals surface area (Å²) in [7, 11) is 0. The highest BCUT2D eigenvalue weighted by Gasteiger charge is 2.29. The highest BCUT2D eigenvalue weighted by molar-refractivity contribution is 5.97. The standard InChI is InChI=1S/C27H28N2O5/c30-26-20-34-27(31)29(26)17-7-2-1-4-10-22-11-14-24(15-12-22)32-18-23-19-33-25(28-23)16-13-21-8-5-3-6-9-21/h3,5-6,8-9,11-16,19H,1-2,4,7,10,17-18,20H2/b16-13+. The molecule has 0 spiro atoms. The van der Waals surface area contributed by atoms with Crippen molar-refractivity contribution in [2.24, 2.45) is 0 Å². The first-order chi connectivity index (χ1) is 16.7. The molecule has 0 saturated carbocycles. The number of nitrogens with zero attached hydrogens (tertiary/aromatic N) is 2. The van der Waals surface area contributed by atoms with Crippen LogP contribution in [0.5, 0.6) is 5.75 Å². The Hall–Kier alpha value is -3.87. The largest absolute Gasteiger partial charge is 0.487 e. The zero-order chi connectivity index (χ0) is 23.6. The molecule has 3 aromatic rings. The maximum atomic E-state index is 11.5. The van der Waals surface area contributed by atoms with E-state index in [1.165, 1.54) is 10.5 Å². The van der Waals surface area contributed by atoms with E-state index in [0.717, 1.165) is 49.1 Å². The Balaban J connectivity index is 1.13. The third-order valence-corrected chi connectivity index (χ3v) is 5.54. The van der Waals surface area contributed by atoms with Gasteiger partial charge in [-0.25, -0.2) is 14.7 Å². The molecule has 1 aliphatic rings. The van der Waals surface area contributed by atoms with Crippen LogP contribution in [0.2, 0.25) is 0 Å². The molecule has 4 rings (SSSR count). The summed E-state index contributed by atoms with van der Waals surface area (Å²) in [6, 6.07) is 18.1. The van der Waals surface area contributed by atoms with E-state index in [4.69, 9.17) is 13.9 Å². The van der Waals surface area contributed by atoms with Gasteiger partial charge in [0.25, 0.3) is 5.91 Å². The van der Waals surface area contributed by atoms with Gasteiger partial charge in [-0.05, 0) is 48.6 Å². The molecule has 2 heterocycles. The van der Waals surface area contributed by atoms with Crippen molar-refractivity contribution in [1.82, 2.24) is 9.88 Å². The predicted molar refractivity (Wildman–Crippen MR) is 128 cm³/mol. The van der Waals surface area contributed by atoms with Gasteiger partial charge in [-0.1, -0.05) is 55.3 Å². The summed E-state index contributed by atoms with van der Waals surface area (Å²) >= 11 is 0. The Labute approximate surface area is 199 Å². The quantitative estimate of drug-likeness (QED) is 0.332. The second-order valence-corrected chi connectivity index (χ2v) is 8.12. The van der Waals surface area contributed by atoms with Crippen molar-refractivity contribution in [3.05, 3.63) is 83.6 Å². The number of ether oxygens (including phenoxy) is 2. The molecule has 1 fully saturated rings. The lowest BCUT2D eigenvalue weighted by molar-refractivity contribution is -0.125. The number of rotatable bonds is 12. The summed E-state index contributed by atoms with van der Waals surface area (Å²) in [6.07, 6.45) is 9.74. The van der Waals surface area contributed by atoms with E-state index in [2.05, 4.69) is 17.1 Å². The molecule has 2 amide bonds. The number of aryl methyl sites for hydroxylation is 1. The number of imide groups is 1. The van der Waals surface area contributed by atoms with Crippen LogP contribution >= 0.6 is 0 Å². The summed E-state index contributed by atoms with van der Waals surface area (Å²) in [5.74, 6) is 1.09. The summed E-state index contributed by atoms with van der Waals surface area (Å²) in [5, 5.41) is 0. The second kappa shape index (κ2) is 11.8. The summed E-state index contributed by atoms with van der Waals surface area (Å²) in [6.45, 7) is 0.666. The minimum absolute atomic E-state index is 0.121. The van der Waals surface area contributed by atoms with Gasteiger partial charge in [0.1, 0.15) is 24.3 Å². The van der Waals surface area contributed by atoms with Crippen LogP contribution in [0, 0.1) is 0 Å². The van der Waals surface area contributed by atoms with E-state index in [-0.39, 0.29) is 12.5 Å². The first-order valence-corrected chi connectivity index (χ1v) is 11.5. The fourth-order valence-corrected chi connectivity index (χ4v) is 3.66. The third kappa shape index (κ3) is 6.81. The van der Waals surface area contributed by atoms with Gasteiger partial charge in [0.15, 0.2) is 6.61 Å². The van der Waals surface area contributed by atoms with Crippen molar-refractivity contribution in [3.63, 3.8) is 0 Å². The summed E-state index contributed by atoms with van der Waals surface area (Å²) < 4.78 is 16.0. The second-order valence-electron chi connectivity index (χ2n) is 8.12. The molecule has 0 atom stereocenters. The normalized spacial score (nSPS) is 13.6. The van der Waals surface area contributed by atoms with Crippen molar-refractivity contribution in [1.29, 1.82) is 0 Å². The van der Waals surface area contributed by atoms with Gasteiger partial charge >= 0.3 is 6.09 Å². The number of cyclic esters (lactones) is 1. The third-order valence-electron chi connectivity index (χ3n) is 5.54. The smallest absolute Gasteiger partial charge is 0.417 e. The minimum atomic E-state index is -0.517. The van der Waals surface area contributed by atoms with Crippen molar-refractivity contribution in [2.75, 3.05) is 13.2 Å². The van der Waals surface area contributed by atoms with Crippen LogP contribution in [0.15, 0.2) is 65.3 Å². The highest BCUT2D eigenvalue weighted by atomic mass is 16.6. The van der Waals surface area contributed by atoms with Gasteiger partial charge < -0.3 is 13.9 Å². The van der Waals surface area contributed by atoms with Crippen molar-refractivity contribution >= 4 is 24.2 Å². The van der Waals surface area contributed by atoms with E-state index >= 15 is 0 Å². The Morgan fingerprint density at radius 1 is 0.941 bits per heavy atom. The average Bonchev–Trinajstić information content (AvgIpc) is 3.46. The Kier molecular flexibility index (Phi) is 8.11. The van der Waals surface area contributed by atoms with E-state index in [9.17, 15) is 9.59 Å². The lowest BCUT2D eigenvalue weighted by Gasteiger charge is -2.10. The molecule has 7 heteroatoms. The van der Waals surface area contributed by atoms with Crippen LogP contribution in [0.25, 0.3) is 12.2 Å². The van der Waals surface area contributed by atoms with Gasteiger partial charge in [0, 0.05) is 12.6 Å². The van der Waals surface area contributed by atoms with Crippen molar-refractivity contribution < 1.29 is 23.5 Å². The van der Waals surface area contributed by atoms with Crippen LogP contribution in [0.4, 0.5) is 4.79 Å². The zero-order valence-corrected chi connectivity index (χ0v) is 19.0. The molecule has 7 nitrogen and oxygen atoms in total. The fraction of sp³-hybridized carbons (Fsp3) is 0.296. The zero-order valence-electron chi connectivity index (χ0n) is 19.0. The van der Waals surface area contributed by atoms with E-state index in [0.29, 0.717) is 19.0 Å². The molecule has 0 bridgehead atoms. The maximum Gasteiger partial charge on any atom is 0.417 e. The number of hydrogen-bond donors (Lipinski definition) is 0. The molecule has 0 radical (unpaired) electrons. The molecule has 1 aliphatic heterocycles.